The Hall–Kier alpha value is -8.02. The Morgan fingerprint density at radius 2 is 0.593 bits per heavy atom. The number of fused-ring (bicyclic) bond motifs is 6. The standard InChI is InChI=1S/C54H35N5/c1-4-14-36(15-5-1)38-24-28-40(29-25-38)51-56-52(41-30-26-39(27-31-41)37-16-6-2-7-17-37)58-53(57-51)42-32-34-44(35-33-42)59-50-48-23-13-11-21-46(48)45-20-10-12-22-47(45)49(50)55-54(59)43-18-8-3-9-19-43/h1-35H. The zero-order chi connectivity index (χ0) is 39.1. The molecule has 9 aromatic carbocycles. The molecule has 0 N–H and O–H groups in total. The summed E-state index contributed by atoms with van der Waals surface area (Å²) in [4.78, 5) is 20.7. The van der Waals surface area contributed by atoms with Gasteiger partial charge in [-0.05, 0) is 57.3 Å². The normalized spacial score (nSPS) is 11.4. The van der Waals surface area contributed by atoms with Crippen LogP contribution < -0.4 is 0 Å². The van der Waals surface area contributed by atoms with Crippen LogP contribution in [-0.4, -0.2) is 24.5 Å². The van der Waals surface area contributed by atoms with E-state index in [4.69, 9.17) is 19.9 Å². The molecule has 0 unspecified atom stereocenters. The Labute approximate surface area is 341 Å². The summed E-state index contributed by atoms with van der Waals surface area (Å²) < 4.78 is 2.30. The Bertz CT molecular complexity index is 3170. The molecule has 59 heavy (non-hydrogen) atoms. The highest BCUT2D eigenvalue weighted by atomic mass is 15.1. The molecule has 0 atom stereocenters. The van der Waals surface area contributed by atoms with Crippen LogP contribution in [0.2, 0.25) is 0 Å². The average molecular weight is 754 g/mol. The molecule has 0 aliphatic rings. The lowest BCUT2D eigenvalue weighted by atomic mass is 10.00. The number of aromatic nitrogens is 5. The summed E-state index contributed by atoms with van der Waals surface area (Å²) in [6, 6.07) is 73.9. The van der Waals surface area contributed by atoms with Gasteiger partial charge in [0.2, 0.25) is 0 Å². The molecule has 11 aromatic rings. The third-order valence-corrected chi connectivity index (χ3v) is 11.1. The van der Waals surface area contributed by atoms with Gasteiger partial charge in [0.15, 0.2) is 17.5 Å². The number of hydrogen-bond acceptors (Lipinski definition) is 4. The van der Waals surface area contributed by atoms with E-state index in [1.54, 1.807) is 0 Å². The fourth-order valence-corrected chi connectivity index (χ4v) is 8.15. The SMILES string of the molecule is c1ccc(-c2ccc(-c3nc(-c4ccc(-c5ccccc5)cc4)nc(-c4ccc(-n5c(-c6ccccc6)nc6c7ccccc7c7ccccc7c65)cc4)n3)cc2)cc1. The summed E-state index contributed by atoms with van der Waals surface area (Å²) >= 11 is 0. The van der Waals surface area contributed by atoms with Crippen LogP contribution in [0.3, 0.4) is 0 Å². The van der Waals surface area contributed by atoms with Gasteiger partial charge >= 0.3 is 0 Å². The highest BCUT2D eigenvalue weighted by Gasteiger charge is 2.21. The summed E-state index contributed by atoms with van der Waals surface area (Å²) in [5.74, 6) is 2.72. The Balaban J connectivity index is 1.05. The predicted molar refractivity (Wildman–Crippen MR) is 242 cm³/mol. The summed E-state index contributed by atoms with van der Waals surface area (Å²) in [5.41, 5.74) is 11.4. The molecule has 0 aliphatic carbocycles. The van der Waals surface area contributed by atoms with Crippen LogP contribution in [0.5, 0.6) is 0 Å². The van der Waals surface area contributed by atoms with Crippen LogP contribution in [-0.2, 0) is 0 Å². The zero-order valence-electron chi connectivity index (χ0n) is 31.9. The number of hydrogen-bond donors (Lipinski definition) is 0. The molecule has 0 aliphatic heterocycles. The van der Waals surface area contributed by atoms with Crippen molar-refractivity contribution >= 4 is 32.6 Å². The van der Waals surface area contributed by atoms with Crippen molar-refractivity contribution in [3.8, 4) is 73.5 Å². The highest BCUT2D eigenvalue weighted by molar-refractivity contribution is 6.24. The molecule has 0 radical (unpaired) electrons. The van der Waals surface area contributed by atoms with Gasteiger partial charge in [0, 0.05) is 38.7 Å². The van der Waals surface area contributed by atoms with Crippen molar-refractivity contribution < 1.29 is 0 Å². The largest absolute Gasteiger partial charge is 0.292 e. The monoisotopic (exact) mass is 753 g/mol. The van der Waals surface area contributed by atoms with Crippen molar-refractivity contribution in [2.75, 3.05) is 0 Å². The fourth-order valence-electron chi connectivity index (χ4n) is 8.15. The molecule has 276 valence electrons. The minimum absolute atomic E-state index is 0.603. The van der Waals surface area contributed by atoms with Crippen molar-refractivity contribution in [2.24, 2.45) is 0 Å². The van der Waals surface area contributed by atoms with Crippen LogP contribution in [0.15, 0.2) is 212 Å². The van der Waals surface area contributed by atoms with Gasteiger partial charge in [-0.25, -0.2) is 19.9 Å². The molecule has 5 nitrogen and oxygen atoms in total. The van der Waals surface area contributed by atoms with Gasteiger partial charge in [-0.2, -0.15) is 0 Å². The maximum atomic E-state index is 5.39. The summed E-state index contributed by atoms with van der Waals surface area (Å²) in [5, 5.41) is 4.68. The third kappa shape index (κ3) is 6.22. The summed E-state index contributed by atoms with van der Waals surface area (Å²) in [7, 11) is 0. The molecular weight excluding hydrogens is 719 g/mol. The minimum Gasteiger partial charge on any atom is -0.292 e. The van der Waals surface area contributed by atoms with Gasteiger partial charge in [-0.15, -0.1) is 0 Å². The molecule has 0 fully saturated rings. The van der Waals surface area contributed by atoms with E-state index in [2.05, 4.69) is 199 Å². The minimum atomic E-state index is 0.603. The number of imidazole rings is 1. The molecule has 2 aromatic heterocycles. The maximum Gasteiger partial charge on any atom is 0.164 e. The Morgan fingerprint density at radius 3 is 1.07 bits per heavy atom. The molecule has 2 heterocycles. The second kappa shape index (κ2) is 14.5. The van der Waals surface area contributed by atoms with Crippen LogP contribution in [0.4, 0.5) is 0 Å². The van der Waals surface area contributed by atoms with E-state index in [0.717, 1.165) is 77.8 Å². The third-order valence-electron chi connectivity index (χ3n) is 11.1. The molecule has 0 amide bonds. The number of rotatable bonds is 7. The number of nitrogens with zero attached hydrogens (tertiary/aromatic N) is 5. The molecule has 0 saturated heterocycles. The lowest BCUT2D eigenvalue weighted by Gasteiger charge is -2.13. The topological polar surface area (TPSA) is 56.5 Å². The molecule has 0 saturated carbocycles. The molecular formula is C54H35N5. The van der Waals surface area contributed by atoms with Crippen molar-refractivity contribution in [3.05, 3.63) is 212 Å². The van der Waals surface area contributed by atoms with E-state index in [9.17, 15) is 0 Å². The summed E-state index contributed by atoms with van der Waals surface area (Å²) in [6.45, 7) is 0. The first kappa shape index (κ1) is 34.2. The van der Waals surface area contributed by atoms with Crippen molar-refractivity contribution in [1.82, 2.24) is 24.5 Å². The Morgan fingerprint density at radius 1 is 0.254 bits per heavy atom. The number of benzene rings is 9. The van der Waals surface area contributed by atoms with Gasteiger partial charge in [-0.1, -0.05) is 188 Å². The van der Waals surface area contributed by atoms with E-state index in [0.29, 0.717) is 17.5 Å². The van der Waals surface area contributed by atoms with Crippen molar-refractivity contribution in [2.45, 2.75) is 0 Å². The molecule has 0 bridgehead atoms. The van der Waals surface area contributed by atoms with Crippen molar-refractivity contribution in [1.29, 1.82) is 0 Å². The van der Waals surface area contributed by atoms with E-state index in [-0.39, 0.29) is 0 Å². The maximum absolute atomic E-state index is 5.39. The molecule has 5 heteroatoms. The predicted octanol–water partition coefficient (Wildman–Crippen LogP) is 13.5. The van der Waals surface area contributed by atoms with E-state index in [1.807, 2.05) is 18.2 Å². The first-order valence-corrected chi connectivity index (χ1v) is 19.8. The van der Waals surface area contributed by atoms with Crippen LogP contribution in [0.25, 0.3) is 106 Å². The second-order valence-electron chi connectivity index (χ2n) is 14.7. The lowest BCUT2D eigenvalue weighted by molar-refractivity contribution is 1.07. The van der Waals surface area contributed by atoms with Crippen LogP contribution >= 0.6 is 0 Å². The lowest BCUT2D eigenvalue weighted by Crippen LogP contribution is -2.01. The average Bonchev–Trinajstić information content (AvgIpc) is 3.74. The van der Waals surface area contributed by atoms with Gasteiger partial charge < -0.3 is 0 Å². The molecule has 0 spiro atoms. The van der Waals surface area contributed by atoms with E-state index >= 15 is 0 Å². The Kier molecular flexibility index (Phi) is 8.41. The van der Waals surface area contributed by atoms with Gasteiger partial charge in [0.1, 0.15) is 5.82 Å². The van der Waals surface area contributed by atoms with Gasteiger partial charge in [-0.3, -0.25) is 4.57 Å². The van der Waals surface area contributed by atoms with E-state index < -0.39 is 0 Å². The van der Waals surface area contributed by atoms with Gasteiger partial charge in [0.05, 0.1) is 11.0 Å². The first-order chi connectivity index (χ1) is 29.2. The quantitative estimate of drug-likeness (QED) is 0.152. The van der Waals surface area contributed by atoms with Crippen LogP contribution in [0.1, 0.15) is 0 Å². The molecule has 11 rings (SSSR count). The fraction of sp³-hybridized carbons (Fsp3) is 0. The smallest absolute Gasteiger partial charge is 0.164 e. The van der Waals surface area contributed by atoms with Crippen LogP contribution in [0, 0.1) is 0 Å². The van der Waals surface area contributed by atoms with Gasteiger partial charge in [0.25, 0.3) is 0 Å². The zero-order valence-corrected chi connectivity index (χ0v) is 31.9. The van der Waals surface area contributed by atoms with E-state index in [1.165, 1.54) is 10.8 Å². The highest BCUT2D eigenvalue weighted by Crippen LogP contribution is 2.39. The second-order valence-corrected chi connectivity index (χ2v) is 14.7. The first-order valence-electron chi connectivity index (χ1n) is 19.8. The van der Waals surface area contributed by atoms with Crippen molar-refractivity contribution in [3.63, 3.8) is 0 Å². The summed E-state index contributed by atoms with van der Waals surface area (Å²) in [6.07, 6.45) is 0.